The molecule has 2 nitrogen and oxygen atoms in total. The normalized spacial score (nSPS) is 24.6. The van der Waals surface area contributed by atoms with Gasteiger partial charge in [-0.2, -0.15) is 0 Å². The molecule has 0 bridgehead atoms. The second kappa shape index (κ2) is 3.23. The number of nitrogens with zero attached hydrogens (tertiary/aromatic N) is 2. The Balaban J connectivity index is 2.19. The van der Waals surface area contributed by atoms with Crippen LogP contribution in [-0.4, -0.2) is 23.5 Å². The van der Waals surface area contributed by atoms with E-state index in [1.165, 1.54) is 25.1 Å². The molecule has 2 rings (SSSR count). The first-order valence-corrected chi connectivity index (χ1v) is 4.49. The summed E-state index contributed by atoms with van der Waals surface area (Å²) in [6.07, 6.45) is 4.44. The van der Waals surface area contributed by atoms with Crippen molar-refractivity contribution < 1.29 is 0 Å². The molecule has 1 aliphatic rings. The SMILES string of the molecule is CN1CCC[C@@H]1c1ccccn1. The Morgan fingerprint density at radius 1 is 1.50 bits per heavy atom. The Kier molecular flexibility index (Phi) is 2.09. The van der Waals surface area contributed by atoms with Crippen molar-refractivity contribution in [2.45, 2.75) is 18.9 Å². The lowest BCUT2D eigenvalue weighted by Crippen LogP contribution is -2.18. The molecule has 2 heteroatoms. The van der Waals surface area contributed by atoms with Crippen molar-refractivity contribution in [2.75, 3.05) is 13.6 Å². The zero-order valence-corrected chi connectivity index (χ0v) is 7.40. The van der Waals surface area contributed by atoms with Crippen molar-refractivity contribution in [1.82, 2.24) is 9.88 Å². The van der Waals surface area contributed by atoms with Gasteiger partial charge >= 0.3 is 0 Å². The topological polar surface area (TPSA) is 16.1 Å². The van der Waals surface area contributed by atoms with Crippen LogP contribution < -0.4 is 0 Å². The first kappa shape index (κ1) is 7.74. The quantitative estimate of drug-likeness (QED) is 0.626. The summed E-state index contributed by atoms with van der Waals surface area (Å²) in [7, 11) is 2.17. The van der Waals surface area contributed by atoms with E-state index in [9.17, 15) is 0 Å². The van der Waals surface area contributed by atoms with Crippen LogP contribution in [0.4, 0.5) is 0 Å². The van der Waals surface area contributed by atoms with Gasteiger partial charge in [-0.05, 0) is 38.6 Å². The van der Waals surface area contributed by atoms with E-state index in [1.54, 1.807) is 0 Å². The molecule has 0 amide bonds. The average Bonchev–Trinajstić information content (AvgIpc) is 2.53. The number of hydrogen-bond acceptors (Lipinski definition) is 2. The molecule has 12 heavy (non-hydrogen) atoms. The van der Waals surface area contributed by atoms with Crippen LogP contribution in [0.2, 0.25) is 0 Å². The fourth-order valence-corrected chi connectivity index (χ4v) is 1.86. The van der Waals surface area contributed by atoms with Gasteiger partial charge in [-0.25, -0.2) is 0 Å². The van der Waals surface area contributed by atoms with Gasteiger partial charge in [-0.15, -0.1) is 0 Å². The van der Waals surface area contributed by atoms with Gasteiger partial charge in [0.2, 0.25) is 0 Å². The van der Waals surface area contributed by atoms with Crippen LogP contribution in [0.5, 0.6) is 0 Å². The minimum Gasteiger partial charge on any atom is -0.298 e. The number of likely N-dealkylation sites (tertiary alicyclic amines) is 1. The first-order chi connectivity index (χ1) is 5.88. The predicted octanol–water partition coefficient (Wildman–Crippen LogP) is 1.85. The molecule has 0 spiro atoms. The van der Waals surface area contributed by atoms with E-state index in [0.29, 0.717) is 6.04 Å². The summed E-state index contributed by atoms with van der Waals surface area (Å²) in [4.78, 5) is 6.75. The highest BCUT2D eigenvalue weighted by Gasteiger charge is 2.22. The van der Waals surface area contributed by atoms with Crippen molar-refractivity contribution in [3.8, 4) is 0 Å². The summed E-state index contributed by atoms with van der Waals surface area (Å²) in [6, 6.07) is 6.71. The van der Waals surface area contributed by atoms with Crippen LogP contribution >= 0.6 is 0 Å². The Labute approximate surface area is 73.2 Å². The van der Waals surface area contributed by atoms with Crippen LogP contribution in [-0.2, 0) is 0 Å². The molecule has 1 atom stereocenters. The van der Waals surface area contributed by atoms with Crippen LogP contribution in [0.1, 0.15) is 24.6 Å². The predicted molar refractivity (Wildman–Crippen MR) is 48.8 cm³/mol. The van der Waals surface area contributed by atoms with Crippen molar-refractivity contribution >= 4 is 0 Å². The molecule has 2 heterocycles. The van der Waals surface area contributed by atoms with Crippen LogP contribution in [0.25, 0.3) is 0 Å². The lowest BCUT2D eigenvalue weighted by molar-refractivity contribution is 0.312. The summed E-state index contributed by atoms with van der Waals surface area (Å²) in [6.45, 7) is 1.21. The molecule has 64 valence electrons. The molecule has 0 radical (unpaired) electrons. The molecule has 0 aromatic carbocycles. The summed E-state index contributed by atoms with van der Waals surface area (Å²) in [5.41, 5.74) is 1.22. The van der Waals surface area contributed by atoms with E-state index in [2.05, 4.69) is 29.1 Å². The molecule has 0 aliphatic carbocycles. The van der Waals surface area contributed by atoms with E-state index >= 15 is 0 Å². The summed E-state index contributed by atoms with van der Waals surface area (Å²) in [5, 5.41) is 0. The summed E-state index contributed by atoms with van der Waals surface area (Å²) < 4.78 is 0. The van der Waals surface area contributed by atoms with Gasteiger partial charge in [-0.1, -0.05) is 6.07 Å². The standard InChI is InChI=1S/C10H14N2/c1-12-8-4-6-10(12)9-5-2-3-7-11-9/h2-3,5,7,10H,4,6,8H2,1H3/t10-/m1/s1. The van der Waals surface area contributed by atoms with Crippen molar-refractivity contribution in [3.63, 3.8) is 0 Å². The highest BCUT2D eigenvalue weighted by Crippen LogP contribution is 2.28. The van der Waals surface area contributed by atoms with Crippen molar-refractivity contribution in [2.24, 2.45) is 0 Å². The molecule has 0 unspecified atom stereocenters. The Bertz CT molecular complexity index is 245. The maximum absolute atomic E-state index is 4.37. The largest absolute Gasteiger partial charge is 0.298 e. The highest BCUT2D eigenvalue weighted by atomic mass is 15.2. The zero-order chi connectivity index (χ0) is 8.39. The van der Waals surface area contributed by atoms with Crippen LogP contribution in [0.15, 0.2) is 24.4 Å². The maximum atomic E-state index is 4.37. The Morgan fingerprint density at radius 3 is 3.00 bits per heavy atom. The maximum Gasteiger partial charge on any atom is 0.0575 e. The smallest absolute Gasteiger partial charge is 0.0575 e. The second-order valence-corrected chi connectivity index (χ2v) is 3.39. The molecule has 1 saturated heterocycles. The Hall–Kier alpha value is -0.890. The van der Waals surface area contributed by atoms with Gasteiger partial charge in [0, 0.05) is 6.20 Å². The minimum atomic E-state index is 0.561. The number of rotatable bonds is 1. The van der Waals surface area contributed by atoms with Gasteiger partial charge in [0.25, 0.3) is 0 Å². The fourth-order valence-electron chi connectivity index (χ4n) is 1.86. The van der Waals surface area contributed by atoms with Gasteiger partial charge in [0.05, 0.1) is 11.7 Å². The molecule has 1 aromatic heterocycles. The van der Waals surface area contributed by atoms with Crippen molar-refractivity contribution in [1.29, 1.82) is 0 Å². The fraction of sp³-hybridized carbons (Fsp3) is 0.500. The summed E-state index contributed by atoms with van der Waals surface area (Å²) >= 11 is 0. The van der Waals surface area contributed by atoms with Gasteiger partial charge in [0.1, 0.15) is 0 Å². The summed E-state index contributed by atoms with van der Waals surface area (Å²) in [5.74, 6) is 0. The molecule has 1 aromatic rings. The lowest BCUT2D eigenvalue weighted by atomic mass is 10.1. The van der Waals surface area contributed by atoms with Crippen LogP contribution in [0.3, 0.4) is 0 Å². The molecule has 1 fully saturated rings. The first-order valence-electron chi connectivity index (χ1n) is 4.49. The molecular formula is C10H14N2. The van der Waals surface area contributed by atoms with E-state index in [-0.39, 0.29) is 0 Å². The van der Waals surface area contributed by atoms with E-state index in [0.717, 1.165) is 0 Å². The number of hydrogen-bond donors (Lipinski definition) is 0. The van der Waals surface area contributed by atoms with Crippen molar-refractivity contribution in [3.05, 3.63) is 30.1 Å². The average molecular weight is 162 g/mol. The number of aromatic nitrogens is 1. The lowest BCUT2D eigenvalue weighted by Gasteiger charge is -2.18. The molecule has 1 aliphatic heterocycles. The van der Waals surface area contributed by atoms with Gasteiger partial charge in [0.15, 0.2) is 0 Å². The minimum absolute atomic E-state index is 0.561. The van der Waals surface area contributed by atoms with Gasteiger partial charge in [-0.3, -0.25) is 9.88 Å². The zero-order valence-electron chi connectivity index (χ0n) is 7.40. The van der Waals surface area contributed by atoms with E-state index in [1.807, 2.05) is 12.3 Å². The van der Waals surface area contributed by atoms with Crippen LogP contribution in [0, 0.1) is 0 Å². The molecule has 0 N–H and O–H groups in total. The van der Waals surface area contributed by atoms with E-state index in [4.69, 9.17) is 0 Å². The monoisotopic (exact) mass is 162 g/mol. The number of pyridine rings is 1. The third kappa shape index (κ3) is 1.34. The molecule has 0 saturated carbocycles. The Morgan fingerprint density at radius 2 is 2.42 bits per heavy atom. The molecular weight excluding hydrogens is 148 g/mol. The third-order valence-electron chi connectivity index (χ3n) is 2.55. The highest BCUT2D eigenvalue weighted by molar-refractivity contribution is 5.09. The second-order valence-electron chi connectivity index (χ2n) is 3.39. The van der Waals surface area contributed by atoms with E-state index < -0.39 is 0 Å². The van der Waals surface area contributed by atoms with Gasteiger partial charge < -0.3 is 0 Å². The third-order valence-corrected chi connectivity index (χ3v) is 2.55.